The van der Waals surface area contributed by atoms with Crippen LogP contribution in [0.25, 0.3) is 0 Å². The highest BCUT2D eigenvalue weighted by Crippen LogP contribution is 2.15. The third-order valence-corrected chi connectivity index (χ3v) is 10.7. The Labute approximate surface area is 416 Å². The van der Waals surface area contributed by atoms with Gasteiger partial charge in [0.2, 0.25) is 47.3 Å². The number of aromatic hydroxyl groups is 2. The molecule has 28 heteroatoms. The van der Waals surface area contributed by atoms with E-state index >= 15 is 0 Å². The van der Waals surface area contributed by atoms with Gasteiger partial charge in [0.15, 0.2) is 0 Å². The summed E-state index contributed by atoms with van der Waals surface area (Å²) in [6.45, 7) is 4.37. The van der Waals surface area contributed by atoms with E-state index in [1.165, 1.54) is 48.5 Å². The number of nitrogens with one attached hydrogen (secondary N) is 7. The van der Waals surface area contributed by atoms with Crippen molar-refractivity contribution in [3.63, 3.8) is 0 Å². The molecule has 0 heterocycles. The van der Waals surface area contributed by atoms with Crippen LogP contribution in [0.5, 0.6) is 11.5 Å². The Morgan fingerprint density at radius 3 is 1.19 bits per heavy atom. The molecule has 0 spiro atoms. The Bertz CT molecular complexity index is 2330. The van der Waals surface area contributed by atoms with Crippen molar-refractivity contribution in [1.82, 2.24) is 37.2 Å². The normalized spacial score (nSPS) is 14.7. The van der Waals surface area contributed by atoms with E-state index < -0.39 is 183 Å². The Kier molecular flexibility index (Phi) is 24.2. The van der Waals surface area contributed by atoms with Gasteiger partial charge in [0, 0.05) is 25.7 Å². The van der Waals surface area contributed by atoms with E-state index in [1.54, 1.807) is 13.8 Å². The molecule has 0 saturated carbocycles. The number of aliphatic carboxylic acids is 4. The van der Waals surface area contributed by atoms with E-state index in [0.29, 0.717) is 0 Å². The molecule has 0 aliphatic carbocycles. The molecule has 400 valence electrons. The van der Waals surface area contributed by atoms with Crippen molar-refractivity contribution in [2.24, 2.45) is 17.4 Å². The lowest BCUT2D eigenvalue weighted by molar-refractivity contribution is -0.144. The molecule has 28 nitrogen and oxygen atoms in total. The van der Waals surface area contributed by atoms with Gasteiger partial charge >= 0.3 is 23.9 Å². The lowest BCUT2D eigenvalue weighted by Gasteiger charge is -2.28. The predicted molar refractivity (Wildman–Crippen MR) is 249 cm³/mol. The van der Waals surface area contributed by atoms with E-state index in [9.17, 15) is 93.3 Å². The zero-order chi connectivity index (χ0) is 55.3. The maximum atomic E-state index is 14.0. The van der Waals surface area contributed by atoms with Gasteiger partial charge < -0.3 is 84.4 Å². The summed E-state index contributed by atoms with van der Waals surface area (Å²) in [6.07, 6.45) is -7.53. The Morgan fingerprint density at radius 1 is 0.466 bits per heavy atom. The van der Waals surface area contributed by atoms with Crippen LogP contribution >= 0.6 is 0 Å². The lowest BCUT2D eigenvalue weighted by Crippen LogP contribution is -2.62. The second-order valence-electron chi connectivity index (χ2n) is 17.1. The third-order valence-electron chi connectivity index (χ3n) is 10.7. The zero-order valence-corrected chi connectivity index (χ0v) is 39.7. The van der Waals surface area contributed by atoms with Crippen LogP contribution in [0.4, 0.5) is 0 Å². The van der Waals surface area contributed by atoms with Crippen LogP contribution in [0.2, 0.25) is 0 Å². The average molecular weight is 1030 g/mol. The van der Waals surface area contributed by atoms with Gasteiger partial charge in [-0.05, 0) is 61.1 Å². The van der Waals surface area contributed by atoms with Gasteiger partial charge in [-0.1, -0.05) is 38.1 Å². The van der Waals surface area contributed by atoms with Crippen LogP contribution in [-0.4, -0.2) is 161 Å². The smallest absolute Gasteiger partial charge is 0.326 e. The quantitative estimate of drug-likeness (QED) is 0.0340. The van der Waals surface area contributed by atoms with Crippen molar-refractivity contribution in [3.05, 3.63) is 59.7 Å². The molecule has 0 aromatic heterocycles. The minimum atomic E-state index is -2.13. The number of nitrogens with two attached hydrogens (primary N) is 2. The number of hydrogen-bond donors (Lipinski definition) is 16. The van der Waals surface area contributed by atoms with E-state index in [-0.39, 0.29) is 22.6 Å². The van der Waals surface area contributed by atoms with E-state index in [2.05, 4.69) is 31.9 Å². The summed E-state index contributed by atoms with van der Waals surface area (Å²) in [5.74, 6) is -17.0. The second-order valence-corrected chi connectivity index (χ2v) is 17.1. The Balaban J connectivity index is 2.51. The molecule has 0 radical (unpaired) electrons. The van der Waals surface area contributed by atoms with Crippen LogP contribution in [0, 0.1) is 5.92 Å². The van der Waals surface area contributed by atoms with Gasteiger partial charge in [0.05, 0.1) is 25.0 Å². The van der Waals surface area contributed by atoms with Crippen LogP contribution < -0.4 is 48.7 Å². The van der Waals surface area contributed by atoms with Crippen molar-refractivity contribution < 1.29 is 93.3 Å². The molecule has 8 amide bonds. The molecule has 18 N–H and O–H groups in total. The number of benzene rings is 2. The molecule has 0 aliphatic heterocycles. The molecule has 9 atom stereocenters. The molecule has 0 bridgehead atoms. The van der Waals surface area contributed by atoms with Gasteiger partial charge in [0.25, 0.3) is 0 Å². The monoisotopic (exact) mass is 1030 g/mol. The summed E-state index contributed by atoms with van der Waals surface area (Å²) in [5.41, 5.74) is 11.5. The summed E-state index contributed by atoms with van der Waals surface area (Å²) in [6, 6.07) is -4.12. The minimum Gasteiger partial charge on any atom is -0.508 e. The highest BCUT2D eigenvalue weighted by Gasteiger charge is 2.37. The SMILES string of the molecule is CC(C)[C@H](N)C(=O)N[C@H](C(=O)N[C@@H](Cc1ccc(O)cc1)C(=O)N[C@@H](CC(=O)O)C(=O)N[C@@H](CCC(=O)O)C(=O)N[C@@H](CC(=O)O)C(=O)N[C@@H](Cc1ccc(O)cc1)C(=O)N[C@@H](CCC(N)=O)C(=O)O)[C@@H](C)O. The fourth-order valence-corrected chi connectivity index (χ4v) is 6.58. The van der Waals surface area contributed by atoms with Crippen LogP contribution in [0.1, 0.15) is 70.4 Å². The van der Waals surface area contributed by atoms with E-state index in [4.69, 9.17) is 11.5 Å². The fourth-order valence-electron chi connectivity index (χ4n) is 6.58. The minimum absolute atomic E-state index is 0.190. The number of carboxylic acid groups (broad SMARTS) is 4. The first-order chi connectivity index (χ1) is 34.1. The largest absolute Gasteiger partial charge is 0.508 e. The highest BCUT2D eigenvalue weighted by atomic mass is 16.4. The number of carbonyl (C=O) groups excluding carboxylic acids is 8. The number of primary amides is 1. The Hall–Kier alpha value is -8.40. The number of phenols is 2. The fraction of sp³-hybridized carbons (Fsp3) is 0.467. The summed E-state index contributed by atoms with van der Waals surface area (Å²) < 4.78 is 0. The maximum Gasteiger partial charge on any atom is 0.326 e. The summed E-state index contributed by atoms with van der Waals surface area (Å²) >= 11 is 0. The van der Waals surface area contributed by atoms with Crippen LogP contribution in [0.3, 0.4) is 0 Å². The van der Waals surface area contributed by atoms with Crippen LogP contribution in [-0.2, 0) is 70.4 Å². The number of amides is 8. The molecule has 2 rings (SSSR count). The number of aliphatic hydroxyl groups excluding tert-OH is 1. The zero-order valence-electron chi connectivity index (χ0n) is 39.7. The Morgan fingerprint density at radius 2 is 0.822 bits per heavy atom. The summed E-state index contributed by atoms with van der Waals surface area (Å²) in [5, 5.41) is 83.9. The van der Waals surface area contributed by atoms with Gasteiger partial charge in [-0.3, -0.25) is 52.7 Å². The first-order valence-electron chi connectivity index (χ1n) is 22.4. The van der Waals surface area contributed by atoms with Crippen molar-refractivity contribution in [2.45, 2.75) is 127 Å². The molecule has 0 fully saturated rings. The number of aliphatic hydroxyl groups is 1. The molecule has 2 aromatic rings. The van der Waals surface area contributed by atoms with E-state index in [1.807, 2.05) is 5.32 Å². The van der Waals surface area contributed by atoms with Crippen molar-refractivity contribution in [2.75, 3.05) is 0 Å². The van der Waals surface area contributed by atoms with Gasteiger partial charge in [-0.15, -0.1) is 0 Å². The first-order valence-corrected chi connectivity index (χ1v) is 22.4. The number of hydrogen-bond acceptors (Lipinski definition) is 16. The number of rotatable bonds is 31. The molecule has 0 unspecified atom stereocenters. The first kappa shape index (κ1) is 60.7. The molecular formula is C45H61N9O19. The topological polar surface area (TPSA) is 483 Å². The maximum absolute atomic E-state index is 14.0. The van der Waals surface area contributed by atoms with Gasteiger partial charge in [-0.25, -0.2) is 4.79 Å². The molecule has 0 aliphatic rings. The number of carbonyl (C=O) groups is 12. The third kappa shape index (κ3) is 21.6. The molecule has 73 heavy (non-hydrogen) atoms. The predicted octanol–water partition coefficient (Wildman–Crippen LogP) is -4.20. The molecule has 0 saturated heterocycles. The summed E-state index contributed by atoms with van der Waals surface area (Å²) in [4.78, 5) is 154. The second kappa shape index (κ2) is 29.1. The lowest BCUT2D eigenvalue weighted by atomic mass is 10.0. The number of carboxylic acids is 4. The van der Waals surface area contributed by atoms with Gasteiger partial charge in [0.1, 0.15) is 53.8 Å². The molecular weight excluding hydrogens is 971 g/mol. The van der Waals surface area contributed by atoms with E-state index in [0.717, 1.165) is 6.92 Å². The van der Waals surface area contributed by atoms with Crippen molar-refractivity contribution in [3.8, 4) is 11.5 Å². The van der Waals surface area contributed by atoms with Gasteiger partial charge in [-0.2, -0.15) is 0 Å². The molecule has 2 aromatic carbocycles. The standard InChI is InChI=1S/C45H61N9O19/c1-20(2)36(47)43(70)54-37(21(3)55)44(71)53-29(17-23-6-10-25(57)11-7-23)40(67)52-30(18-34(61)62)41(68)48-26(13-15-33(59)60)38(65)51-31(19-35(63)64)42(69)50-28(16-22-4-8-24(56)9-5-22)39(66)49-27(45(72)73)12-14-32(46)58/h4-11,20-21,26-31,36-37,55-57H,12-19,47H2,1-3H3,(H2,46,58)(H,48,68)(H,49,66)(H,50,69)(H,51,65)(H,52,67)(H,53,71)(H,54,70)(H,59,60)(H,61,62)(H,63,64)(H,72,73)/t21-,26+,27+,28+,29+,30+,31+,36+,37+/m1/s1. The van der Waals surface area contributed by atoms with Crippen molar-refractivity contribution >= 4 is 71.1 Å². The van der Waals surface area contributed by atoms with Crippen LogP contribution in [0.15, 0.2) is 48.5 Å². The average Bonchev–Trinajstić information content (AvgIpc) is 3.29. The summed E-state index contributed by atoms with van der Waals surface area (Å²) in [7, 11) is 0. The van der Waals surface area contributed by atoms with Crippen molar-refractivity contribution in [1.29, 1.82) is 0 Å². The highest BCUT2D eigenvalue weighted by molar-refractivity contribution is 5.99. The number of phenolic OH excluding ortho intramolecular Hbond substituents is 2.